The first kappa shape index (κ1) is 27.8. The lowest BCUT2D eigenvalue weighted by Crippen LogP contribution is -2.44. The summed E-state index contributed by atoms with van der Waals surface area (Å²) in [5.74, 6) is -0.992. The summed E-state index contributed by atoms with van der Waals surface area (Å²) in [6.45, 7) is 4.16. The van der Waals surface area contributed by atoms with Crippen molar-refractivity contribution in [1.29, 1.82) is 0 Å². The van der Waals surface area contributed by atoms with Crippen LogP contribution in [0.5, 0.6) is 5.75 Å². The van der Waals surface area contributed by atoms with Crippen molar-refractivity contribution in [2.75, 3.05) is 29.0 Å². The summed E-state index contributed by atoms with van der Waals surface area (Å²) in [5.41, 5.74) is 1.45. The highest BCUT2D eigenvalue weighted by atomic mass is 35.5. The molecule has 1 aliphatic heterocycles. The number of carbonyl (C=O) groups excluding carboxylic acids is 2. The van der Waals surface area contributed by atoms with E-state index in [-0.39, 0.29) is 12.0 Å². The topological polar surface area (TPSA) is 108 Å². The van der Waals surface area contributed by atoms with E-state index in [0.29, 0.717) is 64.8 Å². The number of urea groups is 1. The van der Waals surface area contributed by atoms with Crippen LogP contribution in [0.4, 0.5) is 36.5 Å². The van der Waals surface area contributed by atoms with Crippen molar-refractivity contribution in [3.8, 4) is 5.75 Å². The summed E-state index contributed by atoms with van der Waals surface area (Å²) in [5, 5.41) is 9.33. The van der Waals surface area contributed by atoms with Gasteiger partial charge in [0.25, 0.3) is 0 Å². The molecule has 1 aliphatic rings. The van der Waals surface area contributed by atoms with Gasteiger partial charge in [0.15, 0.2) is 0 Å². The normalized spacial score (nSPS) is 13.5. The summed E-state index contributed by atoms with van der Waals surface area (Å²) in [7, 11) is 0. The molecule has 0 radical (unpaired) electrons. The number of fused-ring (bicyclic) bond motifs is 1. The van der Waals surface area contributed by atoms with E-state index in [9.17, 15) is 18.4 Å². The van der Waals surface area contributed by atoms with Gasteiger partial charge in [0.05, 0.1) is 10.5 Å². The first-order chi connectivity index (χ1) is 19.8. The minimum atomic E-state index is -0.834. The van der Waals surface area contributed by atoms with E-state index in [1.165, 1.54) is 23.4 Å². The quantitative estimate of drug-likeness (QED) is 0.216. The number of rotatable bonds is 7. The number of piperidine rings is 1. The van der Waals surface area contributed by atoms with Crippen LogP contribution in [-0.4, -0.2) is 46.0 Å². The molecule has 0 atom stereocenters. The Morgan fingerprint density at radius 2 is 1.73 bits per heavy atom. The molecule has 210 valence electrons. The van der Waals surface area contributed by atoms with Gasteiger partial charge >= 0.3 is 6.03 Å². The fourth-order valence-electron chi connectivity index (χ4n) is 4.40. The van der Waals surface area contributed by atoms with Crippen molar-refractivity contribution in [2.45, 2.75) is 18.9 Å². The van der Waals surface area contributed by atoms with E-state index in [2.05, 4.69) is 32.5 Å². The monoisotopic (exact) mass is 578 g/mol. The molecule has 0 unspecified atom stereocenters. The smallest absolute Gasteiger partial charge is 0.322 e. The van der Waals surface area contributed by atoms with Gasteiger partial charge in [-0.2, -0.15) is 0 Å². The maximum absolute atomic E-state index is 13.9. The minimum absolute atomic E-state index is 0.199. The lowest BCUT2D eigenvalue weighted by molar-refractivity contribution is -0.111. The van der Waals surface area contributed by atoms with E-state index in [4.69, 9.17) is 16.3 Å². The molecule has 12 heteroatoms. The first-order valence-electron chi connectivity index (χ1n) is 12.7. The van der Waals surface area contributed by atoms with Crippen molar-refractivity contribution in [2.24, 2.45) is 0 Å². The zero-order valence-corrected chi connectivity index (χ0v) is 22.4. The Hall–Kier alpha value is -4.77. The summed E-state index contributed by atoms with van der Waals surface area (Å²) >= 11 is 6.53. The number of carbonyl (C=O) groups is 2. The maximum atomic E-state index is 13.9. The molecule has 5 rings (SSSR count). The lowest BCUT2D eigenvalue weighted by atomic mass is 10.1. The fourth-order valence-corrected chi connectivity index (χ4v) is 4.62. The molecule has 2 heterocycles. The van der Waals surface area contributed by atoms with Gasteiger partial charge in [-0.25, -0.2) is 23.5 Å². The Bertz CT molecular complexity index is 1610. The third-order valence-corrected chi connectivity index (χ3v) is 6.80. The Kier molecular flexibility index (Phi) is 8.25. The summed E-state index contributed by atoms with van der Waals surface area (Å²) in [6.07, 6.45) is 3.45. The largest absolute Gasteiger partial charge is 0.489 e. The van der Waals surface area contributed by atoms with Gasteiger partial charge in [0.1, 0.15) is 41.3 Å². The number of hydrogen-bond donors (Lipinski definition) is 3. The zero-order chi connectivity index (χ0) is 28.9. The molecular formula is C29H25ClF2N6O3. The van der Waals surface area contributed by atoms with Gasteiger partial charge in [-0.15, -0.1) is 0 Å². The van der Waals surface area contributed by atoms with Gasteiger partial charge in [-0.05, 0) is 54.6 Å². The molecule has 0 aliphatic carbocycles. The number of ether oxygens (including phenoxy) is 1. The Morgan fingerprint density at radius 1 is 1.00 bits per heavy atom. The second kappa shape index (κ2) is 12.2. The van der Waals surface area contributed by atoms with E-state index < -0.39 is 23.4 Å². The van der Waals surface area contributed by atoms with Crippen LogP contribution in [0.25, 0.3) is 10.9 Å². The van der Waals surface area contributed by atoms with Crippen LogP contribution < -0.4 is 20.7 Å². The van der Waals surface area contributed by atoms with Crippen LogP contribution in [0.3, 0.4) is 0 Å². The van der Waals surface area contributed by atoms with Gasteiger partial charge < -0.3 is 25.6 Å². The number of hydrogen-bond acceptors (Lipinski definition) is 6. The summed E-state index contributed by atoms with van der Waals surface area (Å²) < 4.78 is 33.8. The third kappa shape index (κ3) is 6.52. The number of likely N-dealkylation sites (tertiary alicyclic amines) is 1. The van der Waals surface area contributed by atoms with Crippen molar-refractivity contribution in [1.82, 2.24) is 14.9 Å². The molecule has 3 aromatic carbocycles. The van der Waals surface area contributed by atoms with Crippen LogP contribution in [0.1, 0.15) is 12.8 Å². The van der Waals surface area contributed by atoms with E-state index in [1.807, 2.05) is 0 Å². The van der Waals surface area contributed by atoms with E-state index in [0.717, 1.165) is 12.1 Å². The third-order valence-electron chi connectivity index (χ3n) is 6.50. The van der Waals surface area contributed by atoms with Crippen LogP contribution >= 0.6 is 11.6 Å². The minimum Gasteiger partial charge on any atom is -0.489 e. The van der Waals surface area contributed by atoms with E-state index in [1.54, 1.807) is 36.4 Å². The van der Waals surface area contributed by atoms with Crippen molar-refractivity contribution >= 4 is 57.3 Å². The molecule has 1 aromatic heterocycles. The molecule has 0 bridgehead atoms. The van der Waals surface area contributed by atoms with Crippen LogP contribution in [0, 0.1) is 11.6 Å². The van der Waals surface area contributed by atoms with E-state index >= 15 is 0 Å². The predicted octanol–water partition coefficient (Wildman–Crippen LogP) is 6.50. The van der Waals surface area contributed by atoms with Gasteiger partial charge in [0, 0.05) is 42.7 Å². The SMILES string of the molecule is C=CC(=O)Nc1ccc2ncnc(Nc3ccc(OC4CCN(C(=O)Nc5c(F)cccc5F)CC4)c(Cl)c3)c2c1. The molecule has 1 fully saturated rings. The van der Waals surface area contributed by atoms with Crippen LogP contribution in [0.2, 0.25) is 5.02 Å². The number of aromatic nitrogens is 2. The standard InChI is InChI=1S/C29H25ClF2N6O3/c1-2-26(39)35-17-6-8-24-20(14-17)28(34-16-33-24)36-18-7-9-25(21(30)15-18)41-19-10-12-38(13-11-19)29(40)37-27-22(31)4-3-5-23(27)32/h2-9,14-16,19H,1,10-13H2,(H,35,39)(H,37,40)(H,33,34,36). The maximum Gasteiger partial charge on any atom is 0.322 e. The molecule has 4 aromatic rings. The predicted molar refractivity (Wildman–Crippen MR) is 154 cm³/mol. The second-order valence-corrected chi connectivity index (χ2v) is 9.66. The number of nitrogens with one attached hydrogen (secondary N) is 3. The molecule has 41 heavy (non-hydrogen) atoms. The molecule has 0 spiro atoms. The lowest BCUT2D eigenvalue weighted by Gasteiger charge is -2.32. The van der Waals surface area contributed by atoms with Crippen molar-refractivity contribution in [3.05, 3.63) is 90.2 Å². The number of para-hydroxylation sites is 1. The number of benzene rings is 3. The summed E-state index contributed by atoms with van der Waals surface area (Å²) in [4.78, 5) is 34.3. The number of anilines is 4. The number of nitrogens with zero attached hydrogens (tertiary/aromatic N) is 3. The van der Waals surface area contributed by atoms with Gasteiger partial charge in [-0.3, -0.25) is 4.79 Å². The highest BCUT2D eigenvalue weighted by Gasteiger charge is 2.26. The van der Waals surface area contributed by atoms with Crippen LogP contribution in [-0.2, 0) is 4.79 Å². The molecule has 3 N–H and O–H groups in total. The molecule has 1 saturated heterocycles. The summed E-state index contributed by atoms with van der Waals surface area (Å²) in [6, 6.07) is 13.3. The van der Waals surface area contributed by atoms with Crippen LogP contribution in [0.15, 0.2) is 73.6 Å². The van der Waals surface area contributed by atoms with Crippen molar-refractivity contribution < 1.29 is 23.1 Å². The Balaban J connectivity index is 1.20. The highest BCUT2D eigenvalue weighted by Crippen LogP contribution is 2.33. The molecule has 0 saturated carbocycles. The average Bonchev–Trinajstić information content (AvgIpc) is 2.97. The molecular weight excluding hydrogens is 554 g/mol. The van der Waals surface area contributed by atoms with Gasteiger partial charge in [0.2, 0.25) is 5.91 Å². The average molecular weight is 579 g/mol. The van der Waals surface area contributed by atoms with Gasteiger partial charge in [-0.1, -0.05) is 24.2 Å². The number of amides is 3. The molecule has 9 nitrogen and oxygen atoms in total. The second-order valence-electron chi connectivity index (χ2n) is 9.25. The first-order valence-corrected chi connectivity index (χ1v) is 13.1. The fraction of sp³-hybridized carbons (Fsp3) is 0.172. The Morgan fingerprint density at radius 3 is 2.44 bits per heavy atom. The van der Waals surface area contributed by atoms with Crippen molar-refractivity contribution in [3.63, 3.8) is 0 Å². The molecule has 3 amide bonds. The number of halogens is 3. The highest BCUT2D eigenvalue weighted by molar-refractivity contribution is 6.32. The Labute approximate surface area is 239 Å². The zero-order valence-electron chi connectivity index (χ0n) is 21.7.